The van der Waals surface area contributed by atoms with Gasteiger partial charge >= 0.3 is 0 Å². The first-order valence-electron chi connectivity index (χ1n) is 7.10. The standard InChI is InChI=1S/C14H20N4O/c1-10-4-6-18(7-5-10)13-9-15-12(8-16-13)14(19)17-11-2-3-11/h8-11H,2-7H2,1H3,(H,17,19). The van der Waals surface area contributed by atoms with Gasteiger partial charge in [0.05, 0.1) is 12.4 Å². The molecule has 102 valence electrons. The molecule has 2 fully saturated rings. The Labute approximate surface area is 113 Å². The molecule has 0 aromatic carbocycles. The fourth-order valence-corrected chi connectivity index (χ4v) is 2.33. The number of amides is 1. The smallest absolute Gasteiger partial charge is 0.271 e. The monoisotopic (exact) mass is 260 g/mol. The van der Waals surface area contributed by atoms with Gasteiger partial charge < -0.3 is 10.2 Å². The topological polar surface area (TPSA) is 58.1 Å². The van der Waals surface area contributed by atoms with E-state index in [1.165, 1.54) is 12.8 Å². The van der Waals surface area contributed by atoms with Crippen LogP contribution in [-0.2, 0) is 0 Å². The van der Waals surface area contributed by atoms with Gasteiger partial charge in [-0.1, -0.05) is 6.92 Å². The summed E-state index contributed by atoms with van der Waals surface area (Å²) in [4.78, 5) is 22.7. The quantitative estimate of drug-likeness (QED) is 0.897. The Kier molecular flexibility index (Phi) is 3.36. The van der Waals surface area contributed by atoms with Crippen molar-refractivity contribution in [2.45, 2.75) is 38.6 Å². The number of nitrogens with one attached hydrogen (secondary N) is 1. The molecule has 1 amide bonds. The van der Waals surface area contributed by atoms with E-state index in [0.29, 0.717) is 11.7 Å². The molecular weight excluding hydrogens is 240 g/mol. The molecule has 19 heavy (non-hydrogen) atoms. The van der Waals surface area contributed by atoms with E-state index in [9.17, 15) is 4.79 Å². The lowest BCUT2D eigenvalue weighted by molar-refractivity contribution is 0.0945. The van der Waals surface area contributed by atoms with Crippen LogP contribution in [0.1, 0.15) is 43.1 Å². The van der Waals surface area contributed by atoms with Gasteiger partial charge in [-0.05, 0) is 31.6 Å². The second-order valence-electron chi connectivity index (χ2n) is 5.68. The van der Waals surface area contributed by atoms with Crippen molar-refractivity contribution in [3.05, 3.63) is 18.1 Å². The molecule has 0 unspecified atom stereocenters. The van der Waals surface area contributed by atoms with Crippen molar-refractivity contribution in [3.8, 4) is 0 Å². The second-order valence-corrected chi connectivity index (χ2v) is 5.68. The molecular formula is C14H20N4O. The van der Waals surface area contributed by atoms with Gasteiger partial charge in [0.25, 0.3) is 5.91 Å². The molecule has 0 radical (unpaired) electrons. The first-order chi connectivity index (χ1) is 9.22. The summed E-state index contributed by atoms with van der Waals surface area (Å²) in [6.45, 7) is 4.35. The molecule has 2 heterocycles. The summed E-state index contributed by atoms with van der Waals surface area (Å²) >= 11 is 0. The number of carbonyl (C=O) groups excluding carboxylic acids is 1. The van der Waals surface area contributed by atoms with E-state index in [0.717, 1.165) is 37.7 Å². The molecule has 1 saturated heterocycles. The highest BCUT2D eigenvalue weighted by molar-refractivity contribution is 5.92. The minimum absolute atomic E-state index is 0.103. The number of hydrogen-bond donors (Lipinski definition) is 1. The summed E-state index contributed by atoms with van der Waals surface area (Å²) in [5.41, 5.74) is 0.418. The van der Waals surface area contributed by atoms with Crippen LogP contribution in [0.3, 0.4) is 0 Å². The fraction of sp³-hybridized carbons (Fsp3) is 0.643. The summed E-state index contributed by atoms with van der Waals surface area (Å²) in [5, 5.41) is 2.92. The van der Waals surface area contributed by atoms with Gasteiger partial charge in [-0.15, -0.1) is 0 Å². The zero-order valence-electron chi connectivity index (χ0n) is 11.3. The molecule has 0 atom stereocenters. The predicted octanol–water partition coefficient (Wildman–Crippen LogP) is 1.61. The molecule has 1 N–H and O–H groups in total. The van der Waals surface area contributed by atoms with Gasteiger partial charge in [0.1, 0.15) is 11.5 Å². The van der Waals surface area contributed by atoms with Crippen molar-refractivity contribution in [2.24, 2.45) is 5.92 Å². The lowest BCUT2D eigenvalue weighted by Gasteiger charge is -2.30. The second kappa shape index (κ2) is 5.15. The summed E-state index contributed by atoms with van der Waals surface area (Å²) in [6, 6.07) is 0.359. The molecule has 5 nitrogen and oxygen atoms in total. The number of hydrogen-bond acceptors (Lipinski definition) is 4. The molecule has 1 aromatic heterocycles. The third-order valence-electron chi connectivity index (χ3n) is 3.89. The van der Waals surface area contributed by atoms with Crippen LogP contribution in [0.2, 0.25) is 0 Å². The minimum Gasteiger partial charge on any atom is -0.355 e. The number of carbonyl (C=O) groups is 1. The highest BCUT2D eigenvalue weighted by Crippen LogP contribution is 2.21. The van der Waals surface area contributed by atoms with E-state index in [4.69, 9.17) is 0 Å². The van der Waals surface area contributed by atoms with E-state index in [1.54, 1.807) is 12.4 Å². The van der Waals surface area contributed by atoms with E-state index in [-0.39, 0.29) is 5.91 Å². The summed E-state index contributed by atoms with van der Waals surface area (Å²) < 4.78 is 0. The lowest BCUT2D eigenvalue weighted by Crippen LogP contribution is -2.33. The van der Waals surface area contributed by atoms with E-state index < -0.39 is 0 Å². The van der Waals surface area contributed by atoms with Gasteiger partial charge in [-0.25, -0.2) is 9.97 Å². The number of rotatable bonds is 3. The third kappa shape index (κ3) is 3.03. The first-order valence-corrected chi connectivity index (χ1v) is 7.10. The van der Waals surface area contributed by atoms with E-state index >= 15 is 0 Å². The van der Waals surface area contributed by atoms with Crippen LogP contribution in [-0.4, -0.2) is 35.0 Å². The van der Waals surface area contributed by atoms with Crippen molar-refractivity contribution in [2.75, 3.05) is 18.0 Å². The Morgan fingerprint density at radius 1 is 1.21 bits per heavy atom. The number of piperidine rings is 1. The van der Waals surface area contributed by atoms with E-state index in [2.05, 4.69) is 27.1 Å². The van der Waals surface area contributed by atoms with Gasteiger partial charge in [0, 0.05) is 19.1 Å². The average Bonchev–Trinajstić information content (AvgIpc) is 3.24. The number of anilines is 1. The summed E-state index contributed by atoms with van der Waals surface area (Å²) in [6.07, 6.45) is 7.88. The highest BCUT2D eigenvalue weighted by Gasteiger charge is 2.24. The molecule has 1 aliphatic heterocycles. The maximum absolute atomic E-state index is 11.8. The van der Waals surface area contributed by atoms with Crippen molar-refractivity contribution in [1.82, 2.24) is 15.3 Å². The Morgan fingerprint density at radius 2 is 1.95 bits per heavy atom. The van der Waals surface area contributed by atoms with Gasteiger partial charge in [0.2, 0.25) is 0 Å². The minimum atomic E-state index is -0.103. The molecule has 1 aliphatic carbocycles. The maximum Gasteiger partial charge on any atom is 0.271 e. The lowest BCUT2D eigenvalue weighted by atomic mass is 9.99. The van der Waals surface area contributed by atoms with Crippen LogP contribution >= 0.6 is 0 Å². The molecule has 0 bridgehead atoms. The normalized spacial score (nSPS) is 20.4. The third-order valence-corrected chi connectivity index (χ3v) is 3.89. The Hall–Kier alpha value is -1.65. The summed E-state index contributed by atoms with van der Waals surface area (Å²) in [7, 11) is 0. The van der Waals surface area contributed by atoms with E-state index in [1.807, 2.05) is 0 Å². The zero-order valence-corrected chi connectivity index (χ0v) is 11.3. The molecule has 1 aromatic rings. The van der Waals surface area contributed by atoms with Gasteiger partial charge in [-0.2, -0.15) is 0 Å². The van der Waals surface area contributed by atoms with Crippen LogP contribution in [0.15, 0.2) is 12.4 Å². The number of nitrogens with zero attached hydrogens (tertiary/aromatic N) is 3. The Morgan fingerprint density at radius 3 is 2.53 bits per heavy atom. The molecule has 0 spiro atoms. The Balaban J connectivity index is 1.63. The van der Waals surface area contributed by atoms with Crippen LogP contribution in [0.4, 0.5) is 5.82 Å². The predicted molar refractivity (Wildman–Crippen MR) is 73.1 cm³/mol. The Bertz CT molecular complexity index is 447. The van der Waals surface area contributed by atoms with Crippen LogP contribution in [0.5, 0.6) is 0 Å². The largest absolute Gasteiger partial charge is 0.355 e. The van der Waals surface area contributed by atoms with Crippen molar-refractivity contribution >= 4 is 11.7 Å². The van der Waals surface area contributed by atoms with Crippen LogP contribution < -0.4 is 10.2 Å². The molecule has 1 saturated carbocycles. The average molecular weight is 260 g/mol. The first kappa shape index (κ1) is 12.4. The zero-order chi connectivity index (χ0) is 13.2. The molecule has 2 aliphatic rings. The van der Waals surface area contributed by atoms with Crippen molar-refractivity contribution in [3.63, 3.8) is 0 Å². The maximum atomic E-state index is 11.8. The van der Waals surface area contributed by atoms with Gasteiger partial charge in [-0.3, -0.25) is 4.79 Å². The van der Waals surface area contributed by atoms with Crippen molar-refractivity contribution < 1.29 is 4.79 Å². The number of aromatic nitrogens is 2. The van der Waals surface area contributed by atoms with Crippen LogP contribution in [0, 0.1) is 5.92 Å². The van der Waals surface area contributed by atoms with Crippen molar-refractivity contribution in [1.29, 1.82) is 0 Å². The van der Waals surface area contributed by atoms with Gasteiger partial charge in [0.15, 0.2) is 0 Å². The molecule has 3 rings (SSSR count). The fourth-order valence-electron chi connectivity index (χ4n) is 2.33. The highest BCUT2D eigenvalue weighted by atomic mass is 16.2. The molecule has 5 heteroatoms. The summed E-state index contributed by atoms with van der Waals surface area (Å²) in [5.74, 6) is 1.58. The van der Waals surface area contributed by atoms with Crippen LogP contribution in [0.25, 0.3) is 0 Å². The SMILES string of the molecule is CC1CCN(c2cnc(C(=O)NC3CC3)cn2)CC1.